The molecule has 0 aliphatic rings. The van der Waals surface area contributed by atoms with Crippen LogP contribution in [0.15, 0.2) is 4.99 Å². The Bertz CT molecular complexity index is 590. The molecule has 2 amide bonds. The van der Waals surface area contributed by atoms with Crippen LogP contribution < -0.4 is 27.8 Å². The van der Waals surface area contributed by atoms with Crippen LogP contribution in [0.3, 0.4) is 0 Å². The van der Waals surface area contributed by atoms with E-state index in [2.05, 4.69) is 15.6 Å². The van der Waals surface area contributed by atoms with Crippen LogP contribution in [0, 0.1) is 5.92 Å². The summed E-state index contributed by atoms with van der Waals surface area (Å²) in [5.41, 5.74) is 15.7. The molecule has 3 atom stereocenters. The second kappa shape index (κ2) is 12.5. The van der Waals surface area contributed by atoms with Crippen molar-refractivity contribution in [3.63, 3.8) is 0 Å². The molecule has 160 valence electrons. The summed E-state index contributed by atoms with van der Waals surface area (Å²) in [6.07, 6.45) is 0.173. The Morgan fingerprint density at radius 3 is 2.07 bits per heavy atom. The van der Waals surface area contributed by atoms with Crippen molar-refractivity contribution in [2.75, 3.05) is 6.54 Å². The summed E-state index contributed by atoms with van der Waals surface area (Å²) in [6.45, 7) is 3.58. The van der Waals surface area contributed by atoms with Gasteiger partial charge >= 0.3 is 11.9 Å². The number of carboxylic acids is 2. The van der Waals surface area contributed by atoms with E-state index in [4.69, 9.17) is 22.3 Å². The first-order valence-corrected chi connectivity index (χ1v) is 8.82. The summed E-state index contributed by atoms with van der Waals surface area (Å²) < 4.78 is 0. The number of amides is 2. The number of nitrogens with zero attached hydrogens (tertiary/aromatic N) is 1. The van der Waals surface area contributed by atoms with Crippen molar-refractivity contribution in [1.82, 2.24) is 10.6 Å². The molecule has 0 spiro atoms. The zero-order chi connectivity index (χ0) is 21.9. The summed E-state index contributed by atoms with van der Waals surface area (Å²) >= 11 is 0. The van der Waals surface area contributed by atoms with Crippen molar-refractivity contribution in [3.8, 4) is 0 Å². The fourth-order valence-corrected chi connectivity index (χ4v) is 2.21. The molecule has 12 nitrogen and oxygen atoms in total. The third-order valence-electron chi connectivity index (χ3n) is 3.83. The van der Waals surface area contributed by atoms with E-state index in [-0.39, 0.29) is 37.7 Å². The fourth-order valence-electron chi connectivity index (χ4n) is 2.21. The van der Waals surface area contributed by atoms with Gasteiger partial charge in [-0.1, -0.05) is 13.8 Å². The van der Waals surface area contributed by atoms with Gasteiger partial charge in [-0.15, -0.1) is 0 Å². The van der Waals surface area contributed by atoms with Gasteiger partial charge < -0.3 is 38.0 Å². The average Bonchev–Trinajstić information content (AvgIpc) is 2.58. The lowest BCUT2D eigenvalue weighted by atomic mass is 10.0. The topological polar surface area (TPSA) is 223 Å². The first kappa shape index (κ1) is 25.1. The van der Waals surface area contributed by atoms with Gasteiger partial charge in [0.25, 0.3) is 0 Å². The molecule has 0 aliphatic carbocycles. The van der Waals surface area contributed by atoms with Gasteiger partial charge in [0.1, 0.15) is 18.1 Å². The van der Waals surface area contributed by atoms with Gasteiger partial charge in [-0.05, 0) is 25.2 Å². The van der Waals surface area contributed by atoms with Crippen LogP contribution in [0.25, 0.3) is 0 Å². The molecule has 0 aromatic heterocycles. The summed E-state index contributed by atoms with van der Waals surface area (Å²) in [5, 5.41) is 22.9. The number of aliphatic carboxylic acids is 2. The molecule has 0 heterocycles. The number of aliphatic imine (C=N–C) groups is 1. The predicted octanol–water partition coefficient (Wildman–Crippen LogP) is -2.06. The minimum atomic E-state index is -1.23. The molecule has 0 fully saturated rings. The summed E-state index contributed by atoms with van der Waals surface area (Å²) in [7, 11) is 0. The molecule has 0 aromatic rings. The lowest BCUT2D eigenvalue weighted by Gasteiger charge is -2.24. The van der Waals surface area contributed by atoms with Gasteiger partial charge in [-0.25, -0.2) is 4.79 Å². The normalized spacial score (nSPS) is 13.9. The van der Waals surface area contributed by atoms with E-state index < -0.39 is 41.9 Å². The molecule has 0 saturated heterocycles. The number of hydrogen-bond donors (Lipinski definition) is 7. The van der Waals surface area contributed by atoms with E-state index in [0.29, 0.717) is 6.42 Å². The van der Waals surface area contributed by atoms with E-state index in [9.17, 15) is 24.3 Å². The van der Waals surface area contributed by atoms with Crippen LogP contribution >= 0.6 is 0 Å². The number of guanidine groups is 1. The van der Waals surface area contributed by atoms with Crippen molar-refractivity contribution >= 4 is 29.7 Å². The molecular formula is C16H30N6O6. The fraction of sp³-hybridized carbons (Fsp3) is 0.688. The molecule has 0 radical (unpaired) electrons. The zero-order valence-electron chi connectivity index (χ0n) is 16.1. The first-order valence-electron chi connectivity index (χ1n) is 8.82. The van der Waals surface area contributed by atoms with Crippen LogP contribution in [0.5, 0.6) is 0 Å². The summed E-state index contributed by atoms with van der Waals surface area (Å²) in [4.78, 5) is 50.2. The zero-order valence-corrected chi connectivity index (χ0v) is 16.1. The Morgan fingerprint density at radius 2 is 1.61 bits per heavy atom. The van der Waals surface area contributed by atoms with Crippen LogP contribution in [0.4, 0.5) is 0 Å². The molecule has 0 rings (SSSR count). The van der Waals surface area contributed by atoms with E-state index in [1.165, 1.54) is 0 Å². The summed E-state index contributed by atoms with van der Waals surface area (Å²) in [5.74, 6) is -4.09. The molecule has 0 bridgehead atoms. The minimum absolute atomic E-state index is 0.0872. The van der Waals surface area contributed by atoms with E-state index in [0.717, 1.165) is 0 Å². The highest BCUT2D eigenvalue weighted by Gasteiger charge is 2.28. The number of carbonyl (C=O) groups is 4. The van der Waals surface area contributed by atoms with Crippen LogP contribution in [-0.2, 0) is 19.2 Å². The smallest absolute Gasteiger partial charge is 0.326 e. The number of rotatable bonds is 13. The van der Waals surface area contributed by atoms with Crippen molar-refractivity contribution in [2.24, 2.45) is 28.1 Å². The predicted molar refractivity (Wildman–Crippen MR) is 101 cm³/mol. The number of nitrogens with two attached hydrogens (primary N) is 3. The molecule has 0 aromatic carbocycles. The number of nitrogens with one attached hydrogen (secondary N) is 2. The quantitative estimate of drug-likeness (QED) is 0.102. The van der Waals surface area contributed by atoms with Gasteiger partial charge in [0.05, 0.1) is 0 Å². The minimum Gasteiger partial charge on any atom is -0.480 e. The van der Waals surface area contributed by atoms with Gasteiger partial charge in [-0.2, -0.15) is 0 Å². The van der Waals surface area contributed by atoms with Gasteiger partial charge in [0, 0.05) is 13.0 Å². The van der Waals surface area contributed by atoms with Crippen LogP contribution in [-0.4, -0.2) is 64.6 Å². The number of hydrogen-bond acceptors (Lipinski definition) is 6. The molecule has 28 heavy (non-hydrogen) atoms. The lowest BCUT2D eigenvalue weighted by molar-refractivity contribution is -0.142. The first-order chi connectivity index (χ1) is 13.0. The Kier molecular flexibility index (Phi) is 11.2. The SMILES string of the molecule is CC(C)[C@H](NC(=O)CC[C@H](N)C(=O)O)C(=O)N[C@@H](CCCN=C(N)N)C(=O)O. The maximum atomic E-state index is 12.4. The highest BCUT2D eigenvalue weighted by Crippen LogP contribution is 2.06. The van der Waals surface area contributed by atoms with Gasteiger partial charge in [0.15, 0.2) is 5.96 Å². The lowest BCUT2D eigenvalue weighted by Crippen LogP contribution is -2.53. The second-order valence-corrected chi connectivity index (χ2v) is 6.62. The molecule has 0 saturated carbocycles. The number of carboxylic acid groups (broad SMARTS) is 2. The van der Waals surface area contributed by atoms with Crippen LogP contribution in [0.2, 0.25) is 0 Å². The van der Waals surface area contributed by atoms with E-state index >= 15 is 0 Å². The maximum absolute atomic E-state index is 12.4. The van der Waals surface area contributed by atoms with E-state index in [1.54, 1.807) is 13.8 Å². The standard InChI is InChI=1S/C16H30N6O6/c1-8(2)12(22-11(23)6-5-9(17)14(25)26)13(24)21-10(15(27)28)4-3-7-20-16(18)19/h8-10,12H,3-7,17H2,1-2H3,(H,21,24)(H,22,23)(H,25,26)(H,27,28)(H4,18,19,20)/t9-,10-,12-/m0/s1. The Labute approximate surface area is 162 Å². The summed E-state index contributed by atoms with van der Waals surface area (Å²) in [6, 6.07) is -3.33. The number of carbonyl (C=O) groups excluding carboxylic acids is 2. The van der Waals surface area contributed by atoms with Gasteiger partial charge in [-0.3, -0.25) is 19.4 Å². The molecule has 0 unspecified atom stereocenters. The molecule has 12 heteroatoms. The second-order valence-electron chi connectivity index (χ2n) is 6.62. The van der Waals surface area contributed by atoms with Crippen molar-refractivity contribution in [3.05, 3.63) is 0 Å². The Hall–Kier alpha value is -2.89. The average molecular weight is 402 g/mol. The van der Waals surface area contributed by atoms with Crippen molar-refractivity contribution < 1.29 is 29.4 Å². The molecule has 10 N–H and O–H groups in total. The maximum Gasteiger partial charge on any atom is 0.326 e. The largest absolute Gasteiger partial charge is 0.480 e. The molecule has 0 aliphatic heterocycles. The highest BCUT2D eigenvalue weighted by molar-refractivity contribution is 5.90. The van der Waals surface area contributed by atoms with Crippen molar-refractivity contribution in [2.45, 2.75) is 57.7 Å². The van der Waals surface area contributed by atoms with E-state index in [1.807, 2.05) is 0 Å². The monoisotopic (exact) mass is 402 g/mol. The van der Waals surface area contributed by atoms with Gasteiger partial charge in [0.2, 0.25) is 11.8 Å². The Balaban J connectivity index is 4.79. The highest BCUT2D eigenvalue weighted by atomic mass is 16.4. The van der Waals surface area contributed by atoms with Crippen LogP contribution in [0.1, 0.15) is 39.5 Å². The van der Waals surface area contributed by atoms with Crippen molar-refractivity contribution in [1.29, 1.82) is 0 Å². The Morgan fingerprint density at radius 1 is 1.00 bits per heavy atom. The third kappa shape index (κ3) is 10.3. The third-order valence-corrected chi connectivity index (χ3v) is 3.83. The molecular weight excluding hydrogens is 372 g/mol.